The Kier molecular flexibility index (Phi) is 7.89. The molecule has 216 valence electrons. The third-order valence-corrected chi connectivity index (χ3v) is 14.7. The van der Waals surface area contributed by atoms with Gasteiger partial charge in [-0.3, -0.25) is 4.79 Å². The number of amides is 1. The van der Waals surface area contributed by atoms with Gasteiger partial charge in [-0.15, -0.1) is 0 Å². The normalized spacial score (nSPS) is 40.8. The molecule has 5 aliphatic rings. The molecule has 0 spiro atoms. The quantitative estimate of drug-likeness (QED) is 0.462. The second kappa shape index (κ2) is 10.5. The molecule has 0 radical (unpaired) electrons. The number of rotatable bonds is 6. The van der Waals surface area contributed by atoms with Crippen LogP contribution in [0.1, 0.15) is 97.8 Å². The number of hydrogen-bond donors (Lipinski definition) is 1. The van der Waals surface area contributed by atoms with Crippen LogP contribution >= 0.6 is 0 Å². The summed E-state index contributed by atoms with van der Waals surface area (Å²) >= 11 is 0. The number of likely N-dealkylation sites (tertiary alicyclic amines) is 1. The second-order valence-electron chi connectivity index (χ2n) is 14.3. The molecule has 0 aromatic carbocycles. The Hall–Kier alpha value is -0.920. The number of carbonyl (C=O) groups excluding carboxylic acids is 1. The van der Waals surface area contributed by atoms with Gasteiger partial charge in [0.25, 0.3) is 0 Å². The van der Waals surface area contributed by atoms with Gasteiger partial charge in [0.15, 0.2) is 0 Å². The molecule has 1 aliphatic heterocycles. The van der Waals surface area contributed by atoms with E-state index in [9.17, 15) is 18.3 Å². The third-order valence-electron chi connectivity index (χ3n) is 12.4. The van der Waals surface area contributed by atoms with E-state index in [4.69, 9.17) is 0 Å². The molecule has 4 fully saturated rings. The predicted molar refractivity (Wildman–Crippen MR) is 152 cm³/mol. The number of piperidine rings is 1. The molecule has 1 unspecified atom stereocenters. The van der Waals surface area contributed by atoms with Gasteiger partial charge in [0.05, 0.1) is 11.4 Å². The number of fused-ring (bicyclic) bond motifs is 5. The van der Waals surface area contributed by atoms with Crippen molar-refractivity contribution in [3.63, 3.8) is 0 Å². The van der Waals surface area contributed by atoms with Crippen molar-refractivity contribution in [2.45, 2.75) is 109 Å². The summed E-state index contributed by atoms with van der Waals surface area (Å²) in [6, 6.07) is 0. The molecule has 38 heavy (non-hydrogen) atoms. The second-order valence-corrected chi connectivity index (χ2v) is 16.7. The molecule has 5 rings (SSSR count). The minimum Gasteiger partial charge on any atom is -0.393 e. The standard InChI is InChI=1S/C31H52N2O4S/c1-21(6-11-29(35)33-18-14-24(15-19-33)38(36,37)32(4)5)26-9-10-27-25-8-7-22-20-23(34)12-16-30(22,2)28(25)13-17-31(26,27)3/h7,21,23-28,34H,6,8-20H2,1-5H3/t21?,23-,25-,26+,27-,28-,30-,31+/m0/s1. The molecule has 1 heterocycles. The fraction of sp³-hybridized carbons (Fsp3) is 0.903. The van der Waals surface area contributed by atoms with E-state index in [1.807, 2.05) is 4.90 Å². The van der Waals surface area contributed by atoms with E-state index in [0.717, 1.165) is 43.4 Å². The summed E-state index contributed by atoms with van der Waals surface area (Å²) in [6.07, 6.45) is 14.4. The lowest BCUT2D eigenvalue weighted by molar-refractivity contribution is -0.132. The van der Waals surface area contributed by atoms with Crippen LogP contribution < -0.4 is 0 Å². The summed E-state index contributed by atoms with van der Waals surface area (Å²) in [5.74, 6) is 3.75. The highest BCUT2D eigenvalue weighted by Crippen LogP contribution is 2.67. The van der Waals surface area contributed by atoms with Crippen molar-refractivity contribution in [2.75, 3.05) is 27.2 Å². The van der Waals surface area contributed by atoms with Crippen LogP contribution in [-0.2, 0) is 14.8 Å². The van der Waals surface area contributed by atoms with Crippen LogP contribution in [-0.4, -0.2) is 67.2 Å². The van der Waals surface area contributed by atoms with E-state index in [1.54, 1.807) is 19.7 Å². The van der Waals surface area contributed by atoms with Crippen LogP contribution in [0, 0.1) is 40.4 Å². The fourth-order valence-corrected chi connectivity index (χ4v) is 11.4. The Bertz CT molecular complexity index is 1030. The number of aliphatic hydroxyl groups excluding tert-OH is 1. The molecule has 3 saturated carbocycles. The summed E-state index contributed by atoms with van der Waals surface area (Å²) < 4.78 is 26.3. The molecule has 0 aromatic rings. The maximum atomic E-state index is 13.1. The van der Waals surface area contributed by atoms with Gasteiger partial charge in [-0.2, -0.15) is 0 Å². The summed E-state index contributed by atoms with van der Waals surface area (Å²) in [7, 11) is -0.0535. The van der Waals surface area contributed by atoms with Gasteiger partial charge in [-0.1, -0.05) is 32.4 Å². The highest BCUT2D eigenvalue weighted by atomic mass is 32.2. The molecule has 1 saturated heterocycles. The lowest BCUT2D eigenvalue weighted by atomic mass is 9.47. The molecular weight excluding hydrogens is 496 g/mol. The van der Waals surface area contributed by atoms with Gasteiger partial charge >= 0.3 is 0 Å². The van der Waals surface area contributed by atoms with Crippen LogP contribution in [0.25, 0.3) is 0 Å². The molecule has 6 nitrogen and oxygen atoms in total. The Morgan fingerprint density at radius 1 is 1.08 bits per heavy atom. The van der Waals surface area contributed by atoms with E-state index >= 15 is 0 Å². The average molecular weight is 549 g/mol. The van der Waals surface area contributed by atoms with Gasteiger partial charge in [0.1, 0.15) is 0 Å². The van der Waals surface area contributed by atoms with Crippen molar-refractivity contribution in [1.82, 2.24) is 9.21 Å². The van der Waals surface area contributed by atoms with Gasteiger partial charge in [0.2, 0.25) is 15.9 Å². The van der Waals surface area contributed by atoms with Crippen molar-refractivity contribution in [3.8, 4) is 0 Å². The maximum Gasteiger partial charge on any atom is 0.222 e. The molecule has 4 aliphatic carbocycles. The van der Waals surface area contributed by atoms with Gasteiger partial charge < -0.3 is 10.0 Å². The van der Waals surface area contributed by atoms with Crippen LogP contribution in [0.3, 0.4) is 0 Å². The van der Waals surface area contributed by atoms with Crippen molar-refractivity contribution in [1.29, 1.82) is 0 Å². The Morgan fingerprint density at radius 3 is 2.47 bits per heavy atom. The number of hydrogen-bond acceptors (Lipinski definition) is 4. The zero-order chi connectivity index (χ0) is 27.5. The van der Waals surface area contributed by atoms with Crippen LogP contribution in [0.2, 0.25) is 0 Å². The first-order valence-electron chi connectivity index (χ1n) is 15.4. The predicted octanol–water partition coefficient (Wildman–Crippen LogP) is 5.23. The highest BCUT2D eigenvalue weighted by molar-refractivity contribution is 7.89. The molecule has 0 bridgehead atoms. The van der Waals surface area contributed by atoms with Gasteiger partial charge in [-0.25, -0.2) is 12.7 Å². The largest absolute Gasteiger partial charge is 0.393 e. The van der Waals surface area contributed by atoms with Crippen LogP contribution in [0.15, 0.2) is 11.6 Å². The molecule has 1 N–H and O–H groups in total. The topological polar surface area (TPSA) is 77.9 Å². The first-order chi connectivity index (χ1) is 17.9. The first kappa shape index (κ1) is 28.6. The van der Waals surface area contributed by atoms with Gasteiger partial charge in [-0.05, 0) is 111 Å². The Balaban J connectivity index is 1.17. The number of carbonyl (C=O) groups is 1. The average Bonchev–Trinajstić information content (AvgIpc) is 3.24. The van der Waals surface area contributed by atoms with E-state index in [1.165, 1.54) is 36.4 Å². The van der Waals surface area contributed by atoms with E-state index in [0.29, 0.717) is 55.0 Å². The lowest BCUT2D eigenvalue weighted by Gasteiger charge is -2.58. The summed E-state index contributed by atoms with van der Waals surface area (Å²) in [5, 5.41) is 9.92. The van der Waals surface area contributed by atoms with E-state index in [2.05, 4.69) is 26.8 Å². The van der Waals surface area contributed by atoms with E-state index < -0.39 is 10.0 Å². The minimum atomic E-state index is -3.25. The monoisotopic (exact) mass is 548 g/mol. The fourth-order valence-electron chi connectivity index (χ4n) is 10.0. The molecule has 0 aromatic heterocycles. The first-order valence-corrected chi connectivity index (χ1v) is 16.9. The highest BCUT2D eigenvalue weighted by Gasteiger charge is 2.59. The SMILES string of the molecule is CC(CCC(=O)N1CCC(S(=O)(=O)N(C)C)CC1)[C@H]1CC[C@H]2[C@@H]3CC=C4C[C@@H](O)CC[C@]4(C)[C@H]3CC[C@]12C. The minimum absolute atomic E-state index is 0.142. The Morgan fingerprint density at radius 2 is 1.79 bits per heavy atom. The smallest absolute Gasteiger partial charge is 0.222 e. The van der Waals surface area contributed by atoms with Gasteiger partial charge in [0, 0.05) is 33.6 Å². The molecule has 8 atom stereocenters. The zero-order valence-electron chi connectivity index (χ0n) is 24.5. The maximum absolute atomic E-state index is 13.1. The Labute approximate surface area is 231 Å². The van der Waals surface area contributed by atoms with Crippen molar-refractivity contribution < 1.29 is 18.3 Å². The number of sulfonamides is 1. The van der Waals surface area contributed by atoms with Crippen molar-refractivity contribution in [2.24, 2.45) is 40.4 Å². The molecular formula is C31H52N2O4S. The third kappa shape index (κ3) is 4.81. The van der Waals surface area contributed by atoms with Crippen molar-refractivity contribution >= 4 is 15.9 Å². The van der Waals surface area contributed by atoms with Crippen molar-refractivity contribution in [3.05, 3.63) is 11.6 Å². The van der Waals surface area contributed by atoms with Crippen LogP contribution in [0.4, 0.5) is 0 Å². The van der Waals surface area contributed by atoms with E-state index in [-0.39, 0.29) is 17.3 Å². The number of aliphatic hydroxyl groups is 1. The molecule has 1 amide bonds. The van der Waals surface area contributed by atoms with Crippen LogP contribution in [0.5, 0.6) is 0 Å². The number of allylic oxidation sites excluding steroid dienone is 1. The summed E-state index contributed by atoms with van der Waals surface area (Å²) in [4.78, 5) is 15.0. The summed E-state index contributed by atoms with van der Waals surface area (Å²) in [6.45, 7) is 8.58. The zero-order valence-corrected chi connectivity index (χ0v) is 25.3. The summed E-state index contributed by atoms with van der Waals surface area (Å²) in [5.41, 5.74) is 2.21. The molecule has 7 heteroatoms. The lowest BCUT2D eigenvalue weighted by Crippen LogP contribution is -2.50. The number of nitrogens with zero attached hydrogens (tertiary/aromatic N) is 2.